The molecule has 0 saturated heterocycles. The number of allylic oxidation sites excluding steroid dienone is 5. The van der Waals surface area contributed by atoms with Crippen molar-refractivity contribution in [3.8, 4) is 0 Å². The first-order chi connectivity index (χ1) is 9.95. The van der Waals surface area contributed by atoms with Crippen molar-refractivity contribution in [3.63, 3.8) is 0 Å². The second-order valence-electron chi connectivity index (χ2n) is 5.89. The Labute approximate surface area is 131 Å². The van der Waals surface area contributed by atoms with Gasteiger partial charge in [0.25, 0.3) is 0 Å². The Morgan fingerprint density at radius 1 is 0.857 bits per heavy atom. The Morgan fingerprint density at radius 2 is 1.43 bits per heavy atom. The van der Waals surface area contributed by atoms with E-state index >= 15 is 0 Å². The third-order valence-electron chi connectivity index (χ3n) is 3.25. The van der Waals surface area contributed by atoms with Crippen LogP contribution in [0.15, 0.2) is 34.9 Å². The summed E-state index contributed by atoms with van der Waals surface area (Å²) in [6.45, 7) is 11.0. The second-order valence-corrected chi connectivity index (χ2v) is 5.89. The van der Waals surface area contributed by atoms with E-state index in [0.29, 0.717) is 13.0 Å². The molecule has 0 aromatic carbocycles. The standard InChI is InChI=1S/C19H32O2/c1-6-9-19(20)21-15-14-18(5)13-8-12-17(4)11-7-10-16(2)3/h10,12,14H,6-9,11,13,15H2,1-5H3. The number of hydrogen-bond acceptors (Lipinski definition) is 2. The molecule has 0 N–H and O–H groups in total. The van der Waals surface area contributed by atoms with Gasteiger partial charge in [0, 0.05) is 6.42 Å². The van der Waals surface area contributed by atoms with Crippen molar-refractivity contribution in [2.24, 2.45) is 0 Å². The minimum Gasteiger partial charge on any atom is -0.461 e. The zero-order valence-electron chi connectivity index (χ0n) is 14.5. The number of carbonyl (C=O) groups excluding carboxylic acids is 1. The van der Waals surface area contributed by atoms with Crippen molar-refractivity contribution in [1.82, 2.24) is 0 Å². The van der Waals surface area contributed by atoms with Gasteiger partial charge < -0.3 is 4.74 Å². The Hall–Kier alpha value is -1.31. The number of carbonyl (C=O) groups is 1. The summed E-state index contributed by atoms with van der Waals surface area (Å²) in [4.78, 5) is 11.2. The van der Waals surface area contributed by atoms with E-state index in [1.165, 1.54) is 16.7 Å². The highest BCUT2D eigenvalue weighted by Gasteiger charge is 1.98. The van der Waals surface area contributed by atoms with E-state index in [0.717, 1.165) is 32.1 Å². The molecule has 21 heavy (non-hydrogen) atoms. The molecule has 0 spiro atoms. The molecule has 0 radical (unpaired) electrons. The average molecular weight is 292 g/mol. The van der Waals surface area contributed by atoms with Crippen molar-refractivity contribution in [1.29, 1.82) is 0 Å². The van der Waals surface area contributed by atoms with E-state index in [2.05, 4.69) is 39.8 Å². The van der Waals surface area contributed by atoms with Gasteiger partial charge in [0.05, 0.1) is 0 Å². The van der Waals surface area contributed by atoms with Gasteiger partial charge in [-0.2, -0.15) is 0 Å². The summed E-state index contributed by atoms with van der Waals surface area (Å²) in [6.07, 6.45) is 12.3. The first-order valence-electron chi connectivity index (χ1n) is 8.06. The van der Waals surface area contributed by atoms with Crippen LogP contribution in [0, 0.1) is 0 Å². The Bertz CT molecular complexity index is 382. The van der Waals surface area contributed by atoms with Crippen LogP contribution < -0.4 is 0 Å². The van der Waals surface area contributed by atoms with Crippen LogP contribution in [-0.2, 0) is 9.53 Å². The molecule has 0 fully saturated rings. The molecular formula is C19H32O2. The highest BCUT2D eigenvalue weighted by atomic mass is 16.5. The van der Waals surface area contributed by atoms with Crippen molar-refractivity contribution < 1.29 is 9.53 Å². The molecule has 0 bridgehead atoms. The van der Waals surface area contributed by atoms with Crippen molar-refractivity contribution in [3.05, 3.63) is 34.9 Å². The predicted molar refractivity (Wildman–Crippen MR) is 91.3 cm³/mol. The predicted octanol–water partition coefficient (Wildman–Crippen LogP) is 5.75. The Kier molecular flexibility index (Phi) is 11.7. The molecule has 120 valence electrons. The van der Waals surface area contributed by atoms with Gasteiger partial charge in [0.1, 0.15) is 6.61 Å². The van der Waals surface area contributed by atoms with E-state index in [9.17, 15) is 4.79 Å². The molecule has 0 unspecified atom stereocenters. The van der Waals surface area contributed by atoms with E-state index < -0.39 is 0 Å². The zero-order valence-corrected chi connectivity index (χ0v) is 14.5. The molecule has 0 aliphatic carbocycles. The molecule has 0 heterocycles. The minimum atomic E-state index is -0.100. The molecule has 0 atom stereocenters. The van der Waals surface area contributed by atoms with E-state index in [-0.39, 0.29) is 5.97 Å². The number of rotatable bonds is 10. The van der Waals surface area contributed by atoms with Crippen molar-refractivity contribution in [2.45, 2.75) is 73.1 Å². The maximum atomic E-state index is 11.2. The van der Waals surface area contributed by atoms with Crippen LogP contribution >= 0.6 is 0 Å². The van der Waals surface area contributed by atoms with Gasteiger partial charge >= 0.3 is 5.97 Å². The highest BCUT2D eigenvalue weighted by Crippen LogP contribution is 2.11. The summed E-state index contributed by atoms with van der Waals surface area (Å²) >= 11 is 0. The molecule has 0 rings (SSSR count). The highest BCUT2D eigenvalue weighted by molar-refractivity contribution is 5.69. The lowest BCUT2D eigenvalue weighted by molar-refractivity contribution is -0.142. The van der Waals surface area contributed by atoms with Gasteiger partial charge in [-0.15, -0.1) is 0 Å². The topological polar surface area (TPSA) is 26.3 Å². The van der Waals surface area contributed by atoms with E-state index in [4.69, 9.17) is 4.74 Å². The van der Waals surface area contributed by atoms with Gasteiger partial charge in [-0.1, -0.05) is 35.8 Å². The third kappa shape index (κ3) is 13.4. The van der Waals surface area contributed by atoms with Crippen LogP contribution in [0.5, 0.6) is 0 Å². The van der Waals surface area contributed by atoms with Gasteiger partial charge in [-0.25, -0.2) is 0 Å². The monoisotopic (exact) mass is 292 g/mol. The summed E-state index contributed by atoms with van der Waals surface area (Å²) in [5, 5.41) is 0. The lowest BCUT2D eigenvalue weighted by Gasteiger charge is -2.03. The van der Waals surface area contributed by atoms with Gasteiger partial charge in [0.15, 0.2) is 0 Å². The fraction of sp³-hybridized carbons (Fsp3) is 0.632. The SMILES string of the molecule is CCCC(=O)OCC=C(C)CCC=C(C)CCC=C(C)C. The third-order valence-corrected chi connectivity index (χ3v) is 3.25. The summed E-state index contributed by atoms with van der Waals surface area (Å²) in [5.41, 5.74) is 4.13. The fourth-order valence-electron chi connectivity index (χ4n) is 1.89. The molecule has 2 heteroatoms. The van der Waals surface area contributed by atoms with Crippen LogP contribution in [0.2, 0.25) is 0 Å². The molecule has 0 aliphatic rings. The molecule has 2 nitrogen and oxygen atoms in total. The number of ether oxygens (including phenoxy) is 1. The van der Waals surface area contributed by atoms with Crippen LogP contribution in [0.4, 0.5) is 0 Å². The molecule has 0 amide bonds. The van der Waals surface area contributed by atoms with Gasteiger partial charge in [-0.05, 0) is 65.9 Å². The summed E-state index contributed by atoms with van der Waals surface area (Å²) in [6, 6.07) is 0. The lowest BCUT2D eigenvalue weighted by atomic mass is 10.1. The molecule has 0 aromatic rings. The van der Waals surface area contributed by atoms with Gasteiger partial charge in [-0.3, -0.25) is 4.79 Å². The van der Waals surface area contributed by atoms with Crippen LogP contribution in [0.3, 0.4) is 0 Å². The zero-order chi connectivity index (χ0) is 16.1. The summed E-state index contributed by atoms with van der Waals surface area (Å²) in [5.74, 6) is -0.100. The summed E-state index contributed by atoms with van der Waals surface area (Å²) in [7, 11) is 0. The first kappa shape index (κ1) is 19.7. The van der Waals surface area contributed by atoms with E-state index in [1.807, 2.05) is 13.0 Å². The maximum absolute atomic E-state index is 11.2. The van der Waals surface area contributed by atoms with Crippen LogP contribution in [-0.4, -0.2) is 12.6 Å². The normalized spacial score (nSPS) is 12.2. The number of esters is 1. The molecule has 0 saturated carbocycles. The lowest BCUT2D eigenvalue weighted by Crippen LogP contribution is -2.03. The Morgan fingerprint density at radius 3 is 2.00 bits per heavy atom. The number of hydrogen-bond donors (Lipinski definition) is 0. The molecule has 0 aromatic heterocycles. The largest absolute Gasteiger partial charge is 0.461 e. The molecule has 0 aliphatic heterocycles. The van der Waals surface area contributed by atoms with Crippen molar-refractivity contribution in [2.75, 3.05) is 6.61 Å². The van der Waals surface area contributed by atoms with Crippen molar-refractivity contribution >= 4 is 5.97 Å². The van der Waals surface area contributed by atoms with E-state index in [1.54, 1.807) is 0 Å². The average Bonchev–Trinajstić information content (AvgIpc) is 2.38. The first-order valence-corrected chi connectivity index (χ1v) is 8.06. The van der Waals surface area contributed by atoms with Gasteiger partial charge in [0.2, 0.25) is 0 Å². The smallest absolute Gasteiger partial charge is 0.306 e. The fourth-order valence-corrected chi connectivity index (χ4v) is 1.89. The summed E-state index contributed by atoms with van der Waals surface area (Å²) < 4.78 is 5.12. The second kappa shape index (κ2) is 12.4. The molecular weight excluding hydrogens is 260 g/mol. The van der Waals surface area contributed by atoms with Crippen LogP contribution in [0.25, 0.3) is 0 Å². The minimum absolute atomic E-state index is 0.100. The quantitative estimate of drug-likeness (QED) is 0.378. The maximum Gasteiger partial charge on any atom is 0.306 e. The van der Waals surface area contributed by atoms with Crippen LogP contribution in [0.1, 0.15) is 73.1 Å². The Balaban J connectivity index is 3.88.